The van der Waals surface area contributed by atoms with Crippen LogP contribution in [0.15, 0.2) is 22.6 Å². The van der Waals surface area contributed by atoms with E-state index in [0.717, 1.165) is 22.9 Å². The smallest absolute Gasteiger partial charge is 0.326 e. The lowest BCUT2D eigenvalue weighted by atomic mass is 10.0. The summed E-state index contributed by atoms with van der Waals surface area (Å²) in [5, 5.41) is 12.6. The number of carbonyl (C=O) groups excluding carboxylic acids is 1. The third-order valence-corrected chi connectivity index (χ3v) is 3.83. The molecule has 1 aromatic heterocycles. The predicted molar refractivity (Wildman–Crippen MR) is 84.1 cm³/mol. The number of aliphatic carboxylic acids is 1. The number of furan rings is 1. The van der Waals surface area contributed by atoms with Gasteiger partial charge in [-0.15, -0.1) is 0 Å². The van der Waals surface area contributed by atoms with Crippen molar-refractivity contribution in [3.8, 4) is 0 Å². The van der Waals surface area contributed by atoms with E-state index in [9.17, 15) is 14.7 Å². The summed E-state index contributed by atoms with van der Waals surface area (Å²) in [5.74, 6) is -1.58. The average Bonchev–Trinajstić information content (AvgIpc) is 2.80. The van der Waals surface area contributed by atoms with Crippen LogP contribution in [0.2, 0.25) is 0 Å². The van der Waals surface area contributed by atoms with Gasteiger partial charge in [0.05, 0.1) is 0 Å². The van der Waals surface area contributed by atoms with E-state index in [1.165, 1.54) is 0 Å². The van der Waals surface area contributed by atoms with Gasteiger partial charge in [0.15, 0.2) is 5.76 Å². The van der Waals surface area contributed by atoms with Crippen molar-refractivity contribution in [3.05, 3.63) is 35.1 Å². The summed E-state index contributed by atoms with van der Waals surface area (Å²) in [5.41, 5.74) is 2.53. The second-order valence-electron chi connectivity index (χ2n) is 5.77. The Balaban J connectivity index is 2.36. The van der Waals surface area contributed by atoms with Gasteiger partial charge in [-0.3, -0.25) is 4.79 Å². The zero-order chi connectivity index (χ0) is 16.4. The Morgan fingerprint density at radius 2 is 2.00 bits per heavy atom. The first-order chi connectivity index (χ1) is 10.3. The van der Waals surface area contributed by atoms with Crippen molar-refractivity contribution in [2.75, 3.05) is 0 Å². The minimum atomic E-state index is -1.05. The van der Waals surface area contributed by atoms with Crippen LogP contribution < -0.4 is 5.32 Å². The molecule has 1 aromatic carbocycles. The molecule has 0 bridgehead atoms. The van der Waals surface area contributed by atoms with Gasteiger partial charge >= 0.3 is 5.97 Å². The van der Waals surface area contributed by atoms with Gasteiger partial charge < -0.3 is 14.8 Å². The van der Waals surface area contributed by atoms with Gasteiger partial charge in [-0.25, -0.2) is 4.79 Å². The average molecular weight is 303 g/mol. The Kier molecular flexibility index (Phi) is 4.54. The van der Waals surface area contributed by atoms with Crippen molar-refractivity contribution in [1.29, 1.82) is 0 Å². The fourth-order valence-corrected chi connectivity index (χ4v) is 2.42. The minimum Gasteiger partial charge on any atom is -0.480 e. The first-order valence-corrected chi connectivity index (χ1v) is 7.40. The number of hydrogen-bond donors (Lipinski definition) is 2. The molecule has 2 rings (SSSR count). The number of aryl methyl sites for hydroxylation is 2. The number of amides is 1. The van der Waals surface area contributed by atoms with Crippen LogP contribution in [0.5, 0.6) is 0 Å². The Bertz CT molecular complexity index is 715. The van der Waals surface area contributed by atoms with E-state index in [4.69, 9.17) is 4.42 Å². The highest BCUT2D eigenvalue weighted by Crippen LogP contribution is 2.26. The third-order valence-electron chi connectivity index (χ3n) is 3.83. The fraction of sp³-hybridized carbons (Fsp3) is 0.412. The fourth-order valence-electron chi connectivity index (χ4n) is 2.42. The van der Waals surface area contributed by atoms with E-state index >= 15 is 0 Å². The molecule has 1 amide bonds. The number of carboxylic acid groups (broad SMARTS) is 1. The number of carbonyl (C=O) groups is 2. The molecular formula is C17H21NO4. The van der Waals surface area contributed by atoms with Gasteiger partial charge in [-0.2, -0.15) is 0 Å². The van der Waals surface area contributed by atoms with Gasteiger partial charge in [0.25, 0.3) is 5.91 Å². The van der Waals surface area contributed by atoms with Crippen molar-refractivity contribution >= 4 is 22.8 Å². The normalized spacial score (nSPS) is 12.6. The lowest BCUT2D eigenvalue weighted by Crippen LogP contribution is -2.44. The molecule has 0 saturated carbocycles. The number of hydrogen-bond acceptors (Lipinski definition) is 3. The van der Waals surface area contributed by atoms with Crippen LogP contribution in [0.3, 0.4) is 0 Å². The van der Waals surface area contributed by atoms with Crippen LogP contribution in [-0.4, -0.2) is 23.0 Å². The third kappa shape index (κ3) is 2.98. The lowest BCUT2D eigenvalue weighted by Gasteiger charge is -2.17. The summed E-state index contributed by atoms with van der Waals surface area (Å²) < 4.78 is 5.62. The second-order valence-corrected chi connectivity index (χ2v) is 5.77. The Morgan fingerprint density at radius 1 is 1.32 bits per heavy atom. The van der Waals surface area contributed by atoms with Crippen LogP contribution in [0.1, 0.15) is 42.5 Å². The molecule has 5 nitrogen and oxygen atoms in total. The van der Waals surface area contributed by atoms with Crippen LogP contribution in [0, 0.1) is 12.8 Å². The maximum Gasteiger partial charge on any atom is 0.326 e. The van der Waals surface area contributed by atoms with E-state index in [1.807, 2.05) is 25.1 Å². The lowest BCUT2D eigenvalue weighted by molar-refractivity contribution is -0.140. The molecule has 1 atom stereocenters. The monoisotopic (exact) mass is 303 g/mol. The first kappa shape index (κ1) is 16.1. The number of rotatable bonds is 5. The zero-order valence-electron chi connectivity index (χ0n) is 13.3. The standard InChI is InChI=1S/C17H21NO4/c1-5-11-6-7-13-12(8-11)10(4)15(22-13)16(19)18-14(9(2)3)17(20)21/h6-9,14H,5H2,1-4H3,(H,18,19)(H,20,21). The van der Waals surface area contributed by atoms with E-state index in [2.05, 4.69) is 12.2 Å². The highest BCUT2D eigenvalue weighted by molar-refractivity contribution is 6.00. The molecule has 2 aromatic rings. The van der Waals surface area contributed by atoms with Crippen LogP contribution in [0.4, 0.5) is 0 Å². The number of fused-ring (bicyclic) bond motifs is 1. The van der Waals surface area contributed by atoms with Gasteiger partial charge in [-0.1, -0.05) is 26.8 Å². The molecule has 118 valence electrons. The summed E-state index contributed by atoms with van der Waals surface area (Å²) in [7, 11) is 0. The topological polar surface area (TPSA) is 79.5 Å². The van der Waals surface area contributed by atoms with Crippen molar-refractivity contribution in [3.63, 3.8) is 0 Å². The van der Waals surface area contributed by atoms with E-state index in [0.29, 0.717) is 5.58 Å². The molecule has 1 heterocycles. The summed E-state index contributed by atoms with van der Waals surface area (Å²) in [6.45, 7) is 7.37. The zero-order valence-corrected chi connectivity index (χ0v) is 13.3. The van der Waals surface area contributed by atoms with Crippen LogP contribution in [0.25, 0.3) is 11.0 Å². The molecule has 0 aliphatic heterocycles. The summed E-state index contributed by atoms with van der Waals surface area (Å²) in [6, 6.07) is 4.87. The molecule has 0 radical (unpaired) electrons. The second kappa shape index (κ2) is 6.22. The number of nitrogens with one attached hydrogen (secondary N) is 1. The first-order valence-electron chi connectivity index (χ1n) is 7.40. The molecule has 0 aliphatic rings. The molecule has 0 spiro atoms. The van der Waals surface area contributed by atoms with Crippen molar-refractivity contribution in [2.24, 2.45) is 5.92 Å². The number of carboxylic acids is 1. The van der Waals surface area contributed by atoms with Crippen LogP contribution >= 0.6 is 0 Å². The van der Waals surface area contributed by atoms with Crippen molar-refractivity contribution in [2.45, 2.75) is 40.2 Å². The highest BCUT2D eigenvalue weighted by Gasteiger charge is 2.26. The molecule has 22 heavy (non-hydrogen) atoms. The largest absolute Gasteiger partial charge is 0.480 e. The molecule has 2 N–H and O–H groups in total. The van der Waals surface area contributed by atoms with Gasteiger partial charge in [0.2, 0.25) is 0 Å². The number of benzene rings is 1. The molecule has 5 heteroatoms. The predicted octanol–water partition coefficient (Wildman–Crippen LogP) is 3.14. The Labute approximate surface area is 129 Å². The molecule has 0 saturated heterocycles. The Morgan fingerprint density at radius 3 is 2.55 bits per heavy atom. The maximum absolute atomic E-state index is 12.3. The van der Waals surface area contributed by atoms with Crippen LogP contribution in [-0.2, 0) is 11.2 Å². The van der Waals surface area contributed by atoms with E-state index in [1.54, 1.807) is 13.8 Å². The van der Waals surface area contributed by atoms with Gasteiger partial charge in [-0.05, 0) is 37.0 Å². The summed E-state index contributed by atoms with van der Waals surface area (Å²) in [6.07, 6.45) is 0.899. The SMILES string of the molecule is CCc1ccc2oc(C(=O)NC(C(=O)O)C(C)C)c(C)c2c1. The molecular weight excluding hydrogens is 282 g/mol. The summed E-state index contributed by atoms with van der Waals surface area (Å²) >= 11 is 0. The minimum absolute atomic E-state index is 0.176. The Hall–Kier alpha value is -2.30. The van der Waals surface area contributed by atoms with E-state index in [-0.39, 0.29) is 11.7 Å². The van der Waals surface area contributed by atoms with E-state index < -0.39 is 17.9 Å². The molecule has 0 aliphatic carbocycles. The van der Waals surface area contributed by atoms with Crippen molar-refractivity contribution < 1.29 is 19.1 Å². The van der Waals surface area contributed by atoms with Gasteiger partial charge in [0.1, 0.15) is 11.6 Å². The molecule has 1 unspecified atom stereocenters. The molecule has 0 fully saturated rings. The quantitative estimate of drug-likeness (QED) is 0.889. The maximum atomic E-state index is 12.3. The highest BCUT2D eigenvalue weighted by atomic mass is 16.4. The van der Waals surface area contributed by atoms with Gasteiger partial charge in [0, 0.05) is 10.9 Å². The van der Waals surface area contributed by atoms with Crippen molar-refractivity contribution in [1.82, 2.24) is 5.32 Å². The summed E-state index contributed by atoms with van der Waals surface area (Å²) in [4.78, 5) is 23.5.